The van der Waals surface area contributed by atoms with Gasteiger partial charge in [-0.3, -0.25) is 4.79 Å². The number of hydrogen-bond donors (Lipinski definition) is 1. The van der Waals surface area contributed by atoms with Gasteiger partial charge in [0.2, 0.25) is 0 Å². The number of rotatable bonds is 4. The van der Waals surface area contributed by atoms with Crippen molar-refractivity contribution in [3.8, 4) is 0 Å². The van der Waals surface area contributed by atoms with Crippen LogP contribution < -0.4 is 5.32 Å². The summed E-state index contributed by atoms with van der Waals surface area (Å²) < 4.78 is 5.73. The summed E-state index contributed by atoms with van der Waals surface area (Å²) in [5, 5.41) is 3.49. The van der Waals surface area contributed by atoms with E-state index in [0.29, 0.717) is 12.1 Å². The standard InChI is InChI=1S/C14H24N2O2/c1-10-4-7-13(18-10)14(17)16(12-5-6-12)9-11-3-2-8-15-11/h10-13,15H,2-9H2,1H3. The lowest BCUT2D eigenvalue weighted by Gasteiger charge is -2.28. The predicted molar refractivity (Wildman–Crippen MR) is 69.3 cm³/mol. The third kappa shape index (κ3) is 2.69. The smallest absolute Gasteiger partial charge is 0.252 e. The molecule has 1 saturated carbocycles. The minimum atomic E-state index is -0.165. The molecule has 3 unspecified atom stereocenters. The lowest BCUT2D eigenvalue weighted by molar-refractivity contribution is -0.143. The first-order valence-electron chi connectivity index (χ1n) is 7.43. The summed E-state index contributed by atoms with van der Waals surface area (Å²) >= 11 is 0. The zero-order chi connectivity index (χ0) is 12.5. The maximum absolute atomic E-state index is 12.5. The minimum absolute atomic E-state index is 0.165. The van der Waals surface area contributed by atoms with Crippen LogP contribution in [0.3, 0.4) is 0 Å². The molecule has 0 bridgehead atoms. The first kappa shape index (κ1) is 12.4. The molecule has 0 aromatic carbocycles. The molecular weight excluding hydrogens is 228 g/mol. The topological polar surface area (TPSA) is 41.6 Å². The van der Waals surface area contributed by atoms with E-state index in [9.17, 15) is 4.79 Å². The average Bonchev–Trinajstić information content (AvgIpc) is 2.88. The van der Waals surface area contributed by atoms with Gasteiger partial charge in [-0.05, 0) is 52.0 Å². The molecule has 2 saturated heterocycles. The molecule has 0 radical (unpaired) electrons. The summed E-state index contributed by atoms with van der Waals surface area (Å²) in [4.78, 5) is 14.6. The number of carbonyl (C=O) groups excluding carboxylic acids is 1. The molecule has 3 fully saturated rings. The molecule has 1 amide bonds. The quantitative estimate of drug-likeness (QED) is 0.820. The van der Waals surface area contributed by atoms with Gasteiger partial charge in [0, 0.05) is 18.6 Å². The first-order chi connectivity index (χ1) is 8.74. The van der Waals surface area contributed by atoms with Crippen LogP contribution in [0.4, 0.5) is 0 Å². The summed E-state index contributed by atoms with van der Waals surface area (Å²) in [6.07, 6.45) is 6.83. The molecule has 2 aliphatic heterocycles. The lowest BCUT2D eigenvalue weighted by atomic mass is 10.1. The van der Waals surface area contributed by atoms with Crippen LogP contribution >= 0.6 is 0 Å². The van der Waals surface area contributed by atoms with E-state index < -0.39 is 0 Å². The van der Waals surface area contributed by atoms with Crippen LogP contribution in [0.25, 0.3) is 0 Å². The van der Waals surface area contributed by atoms with E-state index in [2.05, 4.69) is 17.1 Å². The molecule has 4 nitrogen and oxygen atoms in total. The highest BCUT2D eigenvalue weighted by molar-refractivity contribution is 5.81. The highest BCUT2D eigenvalue weighted by Gasteiger charge is 2.39. The van der Waals surface area contributed by atoms with Gasteiger partial charge in [-0.1, -0.05) is 0 Å². The van der Waals surface area contributed by atoms with E-state index in [4.69, 9.17) is 4.74 Å². The molecular formula is C14H24N2O2. The van der Waals surface area contributed by atoms with Gasteiger partial charge in [0.1, 0.15) is 6.10 Å². The monoisotopic (exact) mass is 252 g/mol. The lowest BCUT2D eigenvalue weighted by Crippen LogP contribution is -2.46. The number of ether oxygens (including phenoxy) is 1. The van der Waals surface area contributed by atoms with Crippen LogP contribution in [0.2, 0.25) is 0 Å². The second-order valence-electron chi connectivity index (χ2n) is 6.03. The zero-order valence-electron chi connectivity index (χ0n) is 11.2. The molecule has 0 aromatic rings. The van der Waals surface area contributed by atoms with E-state index in [1.165, 1.54) is 25.7 Å². The molecule has 18 heavy (non-hydrogen) atoms. The van der Waals surface area contributed by atoms with Crippen LogP contribution in [-0.2, 0) is 9.53 Å². The van der Waals surface area contributed by atoms with Crippen molar-refractivity contribution in [1.29, 1.82) is 0 Å². The summed E-state index contributed by atoms with van der Waals surface area (Å²) in [5.74, 6) is 0.246. The number of amides is 1. The zero-order valence-corrected chi connectivity index (χ0v) is 11.2. The van der Waals surface area contributed by atoms with Crippen LogP contribution in [0.1, 0.15) is 45.4 Å². The summed E-state index contributed by atoms with van der Waals surface area (Å²) in [6, 6.07) is 1.01. The van der Waals surface area contributed by atoms with Gasteiger partial charge >= 0.3 is 0 Å². The molecule has 4 heteroatoms. The maximum Gasteiger partial charge on any atom is 0.252 e. The Balaban J connectivity index is 1.59. The van der Waals surface area contributed by atoms with Gasteiger partial charge in [-0.15, -0.1) is 0 Å². The van der Waals surface area contributed by atoms with E-state index in [1.54, 1.807) is 0 Å². The molecule has 3 atom stereocenters. The Morgan fingerprint density at radius 2 is 2.11 bits per heavy atom. The largest absolute Gasteiger partial charge is 0.365 e. The number of hydrogen-bond acceptors (Lipinski definition) is 3. The molecule has 3 aliphatic rings. The maximum atomic E-state index is 12.5. The van der Waals surface area contributed by atoms with Gasteiger partial charge in [0.05, 0.1) is 6.10 Å². The Bertz CT molecular complexity index is 311. The van der Waals surface area contributed by atoms with Crippen molar-refractivity contribution in [1.82, 2.24) is 10.2 Å². The van der Waals surface area contributed by atoms with Crippen molar-refractivity contribution in [2.24, 2.45) is 0 Å². The molecule has 102 valence electrons. The molecule has 3 rings (SSSR count). The van der Waals surface area contributed by atoms with Crippen molar-refractivity contribution < 1.29 is 9.53 Å². The molecule has 0 spiro atoms. The van der Waals surface area contributed by atoms with E-state index in [0.717, 1.165) is 25.9 Å². The third-order valence-corrected chi connectivity index (χ3v) is 4.36. The molecule has 0 aromatic heterocycles. The Morgan fingerprint density at radius 3 is 2.67 bits per heavy atom. The van der Waals surface area contributed by atoms with E-state index >= 15 is 0 Å². The Hall–Kier alpha value is -0.610. The Labute approximate surface area is 109 Å². The Morgan fingerprint density at radius 1 is 1.28 bits per heavy atom. The van der Waals surface area contributed by atoms with Crippen LogP contribution in [0, 0.1) is 0 Å². The SMILES string of the molecule is CC1CCC(C(=O)N(CC2CCCN2)C2CC2)O1. The highest BCUT2D eigenvalue weighted by atomic mass is 16.5. The van der Waals surface area contributed by atoms with E-state index in [-0.39, 0.29) is 18.1 Å². The van der Waals surface area contributed by atoms with Crippen LogP contribution in [-0.4, -0.2) is 48.2 Å². The van der Waals surface area contributed by atoms with Gasteiger partial charge in [0.25, 0.3) is 5.91 Å². The second-order valence-corrected chi connectivity index (χ2v) is 6.03. The van der Waals surface area contributed by atoms with Gasteiger partial charge in [0.15, 0.2) is 0 Å². The van der Waals surface area contributed by atoms with Gasteiger partial charge < -0.3 is 15.0 Å². The average molecular weight is 252 g/mol. The van der Waals surface area contributed by atoms with Crippen molar-refractivity contribution in [3.63, 3.8) is 0 Å². The molecule has 2 heterocycles. The Kier molecular flexibility index (Phi) is 3.57. The van der Waals surface area contributed by atoms with Crippen LogP contribution in [0.5, 0.6) is 0 Å². The molecule has 1 aliphatic carbocycles. The van der Waals surface area contributed by atoms with Crippen molar-refractivity contribution >= 4 is 5.91 Å². The van der Waals surface area contributed by atoms with Crippen molar-refractivity contribution in [3.05, 3.63) is 0 Å². The van der Waals surface area contributed by atoms with Gasteiger partial charge in [-0.2, -0.15) is 0 Å². The normalized spacial score (nSPS) is 35.9. The van der Waals surface area contributed by atoms with E-state index in [1.807, 2.05) is 0 Å². The van der Waals surface area contributed by atoms with Crippen LogP contribution in [0.15, 0.2) is 0 Å². The highest BCUT2D eigenvalue weighted by Crippen LogP contribution is 2.30. The fourth-order valence-electron chi connectivity index (χ4n) is 3.12. The third-order valence-electron chi connectivity index (χ3n) is 4.36. The summed E-state index contributed by atoms with van der Waals surface area (Å²) in [5.41, 5.74) is 0. The molecule has 1 N–H and O–H groups in total. The number of carbonyl (C=O) groups is 1. The van der Waals surface area contributed by atoms with Crippen molar-refractivity contribution in [2.45, 2.75) is 69.7 Å². The summed E-state index contributed by atoms with van der Waals surface area (Å²) in [6.45, 7) is 4.05. The first-order valence-corrected chi connectivity index (χ1v) is 7.43. The van der Waals surface area contributed by atoms with Gasteiger partial charge in [-0.25, -0.2) is 0 Å². The fourth-order valence-corrected chi connectivity index (χ4v) is 3.12. The number of nitrogens with one attached hydrogen (secondary N) is 1. The fraction of sp³-hybridized carbons (Fsp3) is 0.929. The predicted octanol–water partition coefficient (Wildman–Crippen LogP) is 1.30. The van der Waals surface area contributed by atoms with Crippen molar-refractivity contribution in [2.75, 3.05) is 13.1 Å². The second kappa shape index (κ2) is 5.17. The summed E-state index contributed by atoms with van der Waals surface area (Å²) in [7, 11) is 0. The minimum Gasteiger partial charge on any atom is -0.365 e. The number of nitrogens with zero attached hydrogens (tertiary/aromatic N) is 1.